The van der Waals surface area contributed by atoms with E-state index in [-0.39, 0.29) is 6.07 Å². The molecule has 22 heavy (non-hydrogen) atoms. The Labute approximate surface area is 115 Å². The molecule has 1 rings (SSSR count). The molecule has 11 heteroatoms. The van der Waals surface area contributed by atoms with E-state index in [2.05, 4.69) is 0 Å². The largest absolute Gasteiger partial charge is 0.460 e. The van der Waals surface area contributed by atoms with Gasteiger partial charge in [0.15, 0.2) is 0 Å². The first-order valence-electron chi connectivity index (χ1n) is 5.17. The van der Waals surface area contributed by atoms with Crippen molar-refractivity contribution in [2.24, 2.45) is 0 Å². The zero-order chi connectivity index (χ0) is 17.6. The Kier molecular flexibility index (Phi) is 4.25. The van der Waals surface area contributed by atoms with Gasteiger partial charge in [-0.3, -0.25) is 4.79 Å². The van der Waals surface area contributed by atoms with E-state index in [0.717, 1.165) is 0 Å². The molecule has 0 spiro atoms. The highest BCUT2D eigenvalue weighted by molar-refractivity contribution is 6.02. The molecular weight excluding hydrogens is 338 g/mol. The van der Waals surface area contributed by atoms with Crippen LogP contribution in [-0.2, 0) is 0 Å². The SMILES string of the molecule is O=C(c1cccc(F)c1)C(F)(F)C(F)(F)C(F)(F)C(F)(F)F. The molecular formula is C11H4F10O. The lowest BCUT2D eigenvalue weighted by atomic mass is 9.96. The van der Waals surface area contributed by atoms with E-state index >= 15 is 0 Å². The molecule has 1 nitrogen and oxygen atoms in total. The Morgan fingerprint density at radius 2 is 1.32 bits per heavy atom. The molecule has 0 heterocycles. The van der Waals surface area contributed by atoms with Crippen LogP contribution in [0, 0.1) is 5.82 Å². The maximum atomic E-state index is 13.2. The van der Waals surface area contributed by atoms with Crippen LogP contribution in [-0.4, -0.2) is 29.7 Å². The summed E-state index contributed by atoms with van der Waals surface area (Å²) >= 11 is 0. The van der Waals surface area contributed by atoms with Crippen LogP contribution in [0.2, 0.25) is 0 Å². The van der Waals surface area contributed by atoms with E-state index in [4.69, 9.17) is 0 Å². The van der Waals surface area contributed by atoms with Crippen LogP contribution in [0.1, 0.15) is 10.4 Å². The lowest BCUT2D eigenvalue weighted by molar-refractivity contribution is -0.386. The van der Waals surface area contributed by atoms with Crippen molar-refractivity contribution in [2.75, 3.05) is 0 Å². The Morgan fingerprint density at radius 1 is 0.818 bits per heavy atom. The number of halogens is 10. The Bertz CT molecular complexity index is 574. The van der Waals surface area contributed by atoms with Crippen molar-refractivity contribution in [1.82, 2.24) is 0 Å². The Morgan fingerprint density at radius 3 is 1.73 bits per heavy atom. The lowest BCUT2D eigenvalue weighted by Gasteiger charge is -2.32. The van der Waals surface area contributed by atoms with Gasteiger partial charge in [-0.1, -0.05) is 12.1 Å². The predicted octanol–water partition coefficient (Wildman–Crippen LogP) is 4.48. The van der Waals surface area contributed by atoms with Gasteiger partial charge in [-0.25, -0.2) is 4.39 Å². The number of rotatable bonds is 4. The normalized spacial score (nSPS) is 14.1. The Balaban J connectivity index is 3.36. The minimum Gasteiger partial charge on any atom is -0.287 e. The highest BCUT2D eigenvalue weighted by atomic mass is 19.4. The minimum absolute atomic E-state index is 0.00193. The van der Waals surface area contributed by atoms with Crippen molar-refractivity contribution < 1.29 is 48.7 Å². The topological polar surface area (TPSA) is 17.1 Å². The van der Waals surface area contributed by atoms with Crippen molar-refractivity contribution in [3.63, 3.8) is 0 Å². The third kappa shape index (κ3) is 2.63. The van der Waals surface area contributed by atoms with Gasteiger partial charge in [0.2, 0.25) is 5.78 Å². The van der Waals surface area contributed by atoms with Gasteiger partial charge in [-0.15, -0.1) is 0 Å². The molecule has 0 saturated heterocycles. The molecule has 0 N–H and O–H groups in total. The van der Waals surface area contributed by atoms with Crippen molar-refractivity contribution in [2.45, 2.75) is 23.9 Å². The summed E-state index contributed by atoms with van der Waals surface area (Å²) in [5, 5.41) is 0. The van der Waals surface area contributed by atoms with Crippen LogP contribution in [0.4, 0.5) is 43.9 Å². The molecule has 0 bridgehead atoms. The fourth-order valence-corrected chi connectivity index (χ4v) is 1.33. The molecule has 0 aliphatic rings. The third-order valence-corrected chi connectivity index (χ3v) is 2.52. The van der Waals surface area contributed by atoms with Gasteiger partial charge in [0.05, 0.1) is 0 Å². The van der Waals surface area contributed by atoms with Crippen LogP contribution < -0.4 is 0 Å². The molecule has 1 aromatic rings. The quantitative estimate of drug-likeness (QED) is 0.583. The van der Waals surface area contributed by atoms with Crippen LogP contribution >= 0.6 is 0 Å². The number of Topliss-reactive ketones (excluding diaryl/α,β-unsaturated/α-hetero) is 1. The fraction of sp³-hybridized carbons (Fsp3) is 0.364. The first-order valence-corrected chi connectivity index (χ1v) is 5.17. The molecule has 0 amide bonds. The zero-order valence-corrected chi connectivity index (χ0v) is 10.00. The second-order valence-electron chi connectivity index (χ2n) is 4.06. The van der Waals surface area contributed by atoms with Gasteiger partial charge in [0.1, 0.15) is 5.82 Å². The summed E-state index contributed by atoms with van der Waals surface area (Å²) in [5.74, 6) is -25.1. The highest BCUT2D eigenvalue weighted by Crippen LogP contribution is 2.53. The first kappa shape index (κ1) is 18.2. The second-order valence-corrected chi connectivity index (χ2v) is 4.06. The minimum atomic E-state index is -7.17. The Hall–Kier alpha value is -1.81. The van der Waals surface area contributed by atoms with E-state index in [1.165, 1.54) is 0 Å². The van der Waals surface area contributed by atoms with Crippen LogP contribution in [0.25, 0.3) is 0 Å². The molecule has 0 saturated carbocycles. The predicted molar refractivity (Wildman–Crippen MR) is 51.6 cm³/mol. The van der Waals surface area contributed by atoms with Crippen molar-refractivity contribution in [3.8, 4) is 0 Å². The molecule has 0 fully saturated rings. The number of hydrogen-bond donors (Lipinski definition) is 0. The molecule has 124 valence electrons. The van der Waals surface area contributed by atoms with Gasteiger partial charge in [-0.2, -0.15) is 39.5 Å². The number of ketones is 1. The standard InChI is InChI=1S/C11H4F10O/c12-6-3-1-2-5(4-6)7(22)8(13,14)9(15,16)10(17,18)11(19,20)21/h1-4H. The van der Waals surface area contributed by atoms with Gasteiger partial charge < -0.3 is 0 Å². The van der Waals surface area contributed by atoms with E-state index in [9.17, 15) is 48.7 Å². The summed E-state index contributed by atoms with van der Waals surface area (Å²) < 4.78 is 126. The average Bonchev–Trinajstić information content (AvgIpc) is 2.35. The molecule has 0 unspecified atom stereocenters. The fourth-order valence-electron chi connectivity index (χ4n) is 1.33. The second kappa shape index (κ2) is 5.13. The molecule has 0 aliphatic heterocycles. The van der Waals surface area contributed by atoms with Gasteiger partial charge in [0.25, 0.3) is 0 Å². The molecule has 0 atom stereocenters. The summed E-state index contributed by atoms with van der Waals surface area (Å²) in [6.07, 6.45) is -7.03. The lowest BCUT2D eigenvalue weighted by Crippen LogP contribution is -2.63. The average molecular weight is 342 g/mol. The van der Waals surface area contributed by atoms with Gasteiger partial charge >= 0.3 is 23.9 Å². The van der Waals surface area contributed by atoms with E-state index in [1.807, 2.05) is 0 Å². The zero-order valence-electron chi connectivity index (χ0n) is 10.00. The number of alkyl halides is 9. The van der Waals surface area contributed by atoms with Crippen LogP contribution in [0.15, 0.2) is 24.3 Å². The third-order valence-electron chi connectivity index (χ3n) is 2.52. The van der Waals surface area contributed by atoms with Crippen molar-refractivity contribution in [1.29, 1.82) is 0 Å². The monoisotopic (exact) mass is 342 g/mol. The number of hydrogen-bond acceptors (Lipinski definition) is 1. The summed E-state index contributed by atoms with van der Waals surface area (Å²) in [7, 11) is 0. The van der Waals surface area contributed by atoms with Crippen molar-refractivity contribution in [3.05, 3.63) is 35.6 Å². The molecule has 0 aliphatic carbocycles. The van der Waals surface area contributed by atoms with Crippen LogP contribution in [0.3, 0.4) is 0 Å². The highest BCUT2D eigenvalue weighted by Gasteiger charge is 2.83. The first-order chi connectivity index (χ1) is 9.66. The summed E-state index contributed by atoms with van der Waals surface area (Å²) in [6.45, 7) is 0. The van der Waals surface area contributed by atoms with E-state index in [0.29, 0.717) is 18.2 Å². The summed E-state index contributed by atoms with van der Waals surface area (Å²) in [6, 6.07) is 1.58. The smallest absolute Gasteiger partial charge is 0.287 e. The maximum Gasteiger partial charge on any atom is 0.460 e. The summed E-state index contributed by atoms with van der Waals surface area (Å²) in [4.78, 5) is 11.1. The summed E-state index contributed by atoms with van der Waals surface area (Å²) in [5.41, 5.74) is -1.48. The number of carbonyl (C=O) groups excluding carboxylic acids is 1. The molecule has 0 aromatic heterocycles. The molecule has 1 aromatic carbocycles. The molecule has 0 radical (unpaired) electrons. The van der Waals surface area contributed by atoms with Crippen LogP contribution in [0.5, 0.6) is 0 Å². The van der Waals surface area contributed by atoms with E-state index in [1.54, 1.807) is 0 Å². The van der Waals surface area contributed by atoms with Gasteiger partial charge in [-0.05, 0) is 12.1 Å². The van der Waals surface area contributed by atoms with Crippen molar-refractivity contribution >= 4 is 5.78 Å². The van der Waals surface area contributed by atoms with E-state index < -0.39 is 41.1 Å². The number of carbonyl (C=O) groups is 1. The maximum absolute atomic E-state index is 13.2. The van der Waals surface area contributed by atoms with Gasteiger partial charge in [0, 0.05) is 5.56 Å². The number of benzene rings is 1.